The Labute approximate surface area is 358 Å². The molecule has 4 aliphatic carbocycles. The van der Waals surface area contributed by atoms with Crippen molar-refractivity contribution >= 4 is 59.5 Å². The average molecular weight is 863 g/mol. The van der Waals surface area contributed by atoms with E-state index in [1.54, 1.807) is 12.3 Å². The van der Waals surface area contributed by atoms with Crippen molar-refractivity contribution in [2.24, 2.45) is 16.2 Å². The zero-order chi connectivity index (χ0) is 42.8. The summed E-state index contributed by atoms with van der Waals surface area (Å²) in [6, 6.07) is 22.6. The van der Waals surface area contributed by atoms with Crippen LogP contribution >= 0.6 is 11.3 Å². The van der Waals surface area contributed by atoms with Gasteiger partial charge in [0.15, 0.2) is 10.8 Å². The van der Waals surface area contributed by atoms with Gasteiger partial charge in [-0.1, -0.05) is 61.6 Å². The number of nitrogens with one attached hydrogen (secondary N) is 2. The lowest BCUT2D eigenvalue weighted by molar-refractivity contribution is -0.247. The van der Waals surface area contributed by atoms with Gasteiger partial charge in [0.2, 0.25) is 0 Å². The highest BCUT2D eigenvalue weighted by Gasteiger charge is 2.66. The quantitative estimate of drug-likeness (QED) is 0.0572. The lowest BCUT2D eigenvalue weighted by atomic mass is 9.39. The first-order valence-electron chi connectivity index (χ1n) is 20.8. The maximum atomic E-state index is 13.6. The number of aromatic nitrogens is 4. The van der Waals surface area contributed by atoms with Crippen LogP contribution in [0.1, 0.15) is 85.3 Å². The lowest BCUT2D eigenvalue weighted by Crippen LogP contribution is -2.64. The molecule has 0 saturated heterocycles. The molecule has 4 bridgehead atoms. The van der Waals surface area contributed by atoms with Gasteiger partial charge >= 0.3 is 5.97 Å². The van der Waals surface area contributed by atoms with Gasteiger partial charge in [-0.25, -0.2) is 14.8 Å². The number of rotatable bonds is 15. The van der Waals surface area contributed by atoms with Crippen LogP contribution in [0.15, 0.2) is 79.0 Å². The van der Waals surface area contributed by atoms with E-state index in [-0.39, 0.29) is 39.2 Å². The summed E-state index contributed by atoms with van der Waals surface area (Å²) in [7, 11) is -3.97. The van der Waals surface area contributed by atoms with Gasteiger partial charge in [-0.3, -0.25) is 19.3 Å². The molecular weight excluding hydrogens is 813 g/mol. The second-order valence-corrected chi connectivity index (χ2v) is 21.1. The Morgan fingerprint density at radius 2 is 1.69 bits per heavy atom. The first-order chi connectivity index (χ1) is 29.0. The number of amides is 1. The van der Waals surface area contributed by atoms with Crippen molar-refractivity contribution in [1.29, 1.82) is 0 Å². The van der Waals surface area contributed by atoms with Crippen molar-refractivity contribution < 1.29 is 32.4 Å². The highest BCUT2D eigenvalue weighted by Crippen LogP contribution is 2.72. The number of para-hydroxylation sites is 1. The van der Waals surface area contributed by atoms with Crippen molar-refractivity contribution in [1.82, 2.24) is 25.1 Å². The number of pyridine rings is 1. The molecule has 0 radical (unpaired) electrons. The predicted octanol–water partition coefficient (Wildman–Crippen LogP) is 8.64. The van der Waals surface area contributed by atoms with Crippen LogP contribution in [-0.4, -0.2) is 80.8 Å². The number of carbonyl (C=O) groups excluding carboxylic acids is 1. The molecule has 10 rings (SSSR count). The first-order valence-corrected chi connectivity index (χ1v) is 23.2. The summed E-state index contributed by atoms with van der Waals surface area (Å²) >= 11 is 1.41. The van der Waals surface area contributed by atoms with Crippen LogP contribution < -0.4 is 10.6 Å². The molecule has 4 fully saturated rings. The fraction of sp³-hybridized carbons (Fsp3) is 0.413. The number of ether oxygens (including phenoxy) is 1. The first kappa shape index (κ1) is 41.3. The predicted molar refractivity (Wildman–Crippen MR) is 237 cm³/mol. The van der Waals surface area contributed by atoms with Crippen molar-refractivity contribution in [3.63, 3.8) is 0 Å². The molecule has 15 heteroatoms. The molecule has 0 aliphatic heterocycles. The van der Waals surface area contributed by atoms with Gasteiger partial charge in [0.1, 0.15) is 0 Å². The van der Waals surface area contributed by atoms with Crippen molar-refractivity contribution in [2.75, 3.05) is 30.8 Å². The molecule has 2 unspecified atom stereocenters. The number of hydrogen-bond donors (Lipinski definition) is 4. The molecule has 4 saturated carbocycles. The Morgan fingerprint density at radius 1 is 0.902 bits per heavy atom. The lowest BCUT2D eigenvalue weighted by Gasteiger charge is -2.69. The molecule has 61 heavy (non-hydrogen) atoms. The topological polar surface area (TPSA) is 186 Å². The third-order valence-electron chi connectivity index (χ3n) is 13.0. The van der Waals surface area contributed by atoms with E-state index >= 15 is 0 Å². The van der Waals surface area contributed by atoms with Crippen LogP contribution in [0.25, 0.3) is 43.4 Å². The smallest absolute Gasteiger partial charge is 0.355 e. The van der Waals surface area contributed by atoms with Crippen molar-refractivity contribution in [3.05, 3.63) is 95.9 Å². The highest BCUT2D eigenvalue weighted by atomic mass is 32.2. The number of carboxylic acids is 1. The standard InChI is InChI=1S/C46H50N6O7S2/c1-29-35(21-48-52(29)28-45-23-43(2)22-44(3,24-45)26-46(25-43,27-45)59-18-17-47-16-7-19-61(56,57)58)32-14-15-36(49-39(32)41(54)55)31-13-12-30-8-6-9-33(34(30)20-31)40(53)51-42-50-37-10-4-5-11-38(37)60-42/h4-6,8-15,20-21,47H,7,16-19,22-28H2,1-3H3,(H,54,55)(H,50,51,53)(H,56,57,58). The Morgan fingerprint density at radius 3 is 2.44 bits per heavy atom. The summed E-state index contributed by atoms with van der Waals surface area (Å²) in [4.78, 5) is 35.8. The molecule has 0 spiro atoms. The Balaban J connectivity index is 0.945. The SMILES string of the molecule is Cc1c(-c2ccc(-c3ccc4cccc(C(=O)Nc5nc6ccccc6s5)c4c3)nc2C(=O)O)cnn1CC12CC3(C)CC(C)(C1)CC(OCCNCCCS(=O)(=O)O)(C3)C2. The van der Waals surface area contributed by atoms with Crippen molar-refractivity contribution in [3.8, 4) is 22.4 Å². The number of fused-ring (bicyclic) bond motifs is 2. The van der Waals surface area contributed by atoms with Gasteiger partial charge in [0.05, 0.1) is 40.1 Å². The second kappa shape index (κ2) is 15.4. The number of hydrogen-bond acceptors (Lipinski definition) is 10. The van der Waals surface area contributed by atoms with Crippen LogP contribution in [0.3, 0.4) is 0 Å². The third kappa shape index (κ3) is 8.33. The van der Waals surface area contributed by atoms with E-state index in [0.717, 1.165) is 65.4 Å². The Kier molecular flexibility index (Phi) is 10.4. The highest BCUT2D eigenvalue weighted by molar-refractivity contribution is 7.85. The van der Waals surface area contributed by atoms with Gasteiger partial charge in [-0.15, -0.1) is 0 Å². The van der Waals surface area contributed by atoms with E-state index in [1.165, 1.54) is 11.3 Å². The maximum Gasteiger partial charge on any atom is 0.355 e. The zero-order valence-electron chi connectivity index (χ0n) is 34.5. The molecule has 318 valence electrons. The van der Waals surface area contributed by atoms with Crippen LogP contribution in [-0.2, 0) is 21.4 Å². The van der Waals surface area contributed by atoms with Crippen molar-refractivity contribution in [2.45, 2.75) is 77.9 Å². The number of thiazole rings is 1. The normalized spacial score (nSPS) is 24.5. The van der Waals surface area contributed by atoms with E-state index in [4.69, 9.17) is 19.4 Å². The van der Waals surface area contributed by atoms with E-state index < -0.39 is 16.1 Å². The molecule has 1 amide bonds. The summed E-state index contributed by atoms with van der Waals surface area (Å²) in [6.07, 6.45) is 8.29. The fourth-order valence-electron chi connectivity index (χ4n) is 11.9. The average Bonchev–Trinajstić information content (AvgIpc) is 3.76. The van der Waals surface area contributed by atoms with Crippen LogP contribution in [0.2, 0.25) is 0 Å². The monoisotopic (exact) mass is 862 g/mol. The van der Waals surface area contributed by atoms with E-state index in [2.05, 4.69) is 29.5 Å². The molecular formula is C46H50N6O7S2. The van der Waals surface area contributed by atoms with Gasteiger partial charge in [-0.2, -0.15) is 13.5 Å². The summed E-state index contributed by atoms with van der Waals surface area (Å²) in [5, 5.41) is 23.7. The largest absolute Gasteiger partial charge is 0.476 e. The number of benzene rings is 3. The molecule has 13 nitrogen and oxygen atoms in total. The number of nitrogens with zero attached hydrogens (tertiary/aromatic N) is 4. The van der Waals surface area contributed by atoms with Crippen LogP contribution in [0, 0.1) is 23.2 Å². The van der Waals surface area contributed by atoms with Gasteiger partial charge in [0.25, 0.3) is 16.0 Å². The maximum absolute atomic E-state index is 13.6. The summed E-state index contributed by atoms with van der Waals surface area (Å²) < 4.78 is 41.0. The minimum Gasteiger partial charge on any atom is -0.476 e. The minimum atomic E-state index is -3.97. The fourth-order valence-corrected chi connectivity index (χ4v) is 13.3. The summed E-state index contributed by atoms with van der Waals surface area (Å²) in [5.41, 5.74) is 4.39. The van der Waals surface area contributed by atoms with E-state index in [0.29, 0.717) is 65.6 Å². The van der Waals surface area contributed by atoms with Gasteiger partial charge < -0.3 is 15.2 Å². The number of carboxylic acid groups (broad SMARTS) is 1. The van der Waals surface area contributed by atoms with Gasteiger partial charge in [-0.05, 0) is 122 Å². The number of anilines is 1. The molecule has 3 aromatic carbocycles. The number of aromatic carboxylic acids is 1. The molecule has 4 aliphatic rings. The molecule has 3 heterocycles. The second-order valence-electron chi connectivity index (χ2n) is 18.5. The third-order valence-corrected chi connectivity index (χ3v) is 14.8. The van der Waals surface area contributed by atoms with E-state index in [9.17, 15) is 23.1 Å². The molecule has 3 aromatic heterocycles. The van der Waals surface area contributed by atoms with Crippen LogP contribution in [0.4, 0.5) is 5.13 Å². The molecule has 2 atom stereocenters. The molecule has 6 aromatic rings. The summed E-state index contributed by atoms with van der Waals surface area (Å²) in [6.45, 7) is 9.08. The molecule has 4 N–H and O–H groups in total. The Bertz CT molecular complexity index is 2770. The number of carbonyl (C=O) groups is 2. The zero-order valence-corrected chi connectivity index (χ0v) is 36.2. The van der Waals surface area contributed by atoms with Gasteiger partial charge in [0, 0.05) is 41.0 Å². The Hall–Kier alpha value is -5.06. The minimum absolute atomic E-state index is 0.0484. The van der Waals surface area contributed by atoms with Crippen LogP contribution in [0.5, 0.6) is 0 Å². The van der Waals surface area contributed by atoms with E-state index in [1.807, 2.05) is 78.3 Å². The summed E-state index contributed by atoms with van der Waals surface area (Å²) in [5.74, 6) is -1.69.